The van der Waals surface area contributed by atoms with Gasteiger partial charge in [-0.2, -0.15) is 0 Å². The van der Waals surface area contributed by atoms with Crippen LogP contribution in [0.15, 0.2) is 0 Å². The summed E-state index contributed by atoms with van der Waals surface area (Å²) < 4.78 is 30.2. The van der Waals surface area contributed by atoms with Gasteiger partial charge in [-0.15, -0.1) is 0 Å². The molecule has 0 unspecified atom stereocenters. The van der Waals surface area contributed by atoms with Crippen LogP contribution in [0.4, 0.5) is 0 Å². The van der Waals surface area contributed by atoms with E-state index < -0.39 is 26.5 Å². The molecule has 0 heterocycles. The van der Waals surface area contributed by atoms with E-state index in [1.807, 2.05) is 20.8 Å². The van der Waals surface area contributed by atoms with Gasteiger partial charge in [0.1, 0.15) is 0 Å². The van der Waals surface area contributed by atoms with Gasteiger partial charge in [0, 0.05) is 0 Å². The van der Waals surface area contributed by atoms with Crippen LogP contribution in [0.2, 0.25) is 18.1 Å². The minimum atomic E-state index is -4.42. The predicted molar refractivity (Wildman–Crippen MR) is 58.9 cm³/mol. The summed E-state index contributed by atoms with van der Waals surface area (Å²) in [5, 5.41) is 0. The van der Waals surface area contributed by atoms with Crippen molar-refractivity contribution in [3.8, 4) is 0 Å². The van der Waals surface area contributed by atoms with Gasteiger partial charge in [0.25, 0.3) is 0 Å². The molecule has 0 aliphatic heterocycles. The normalized spacial score (nSPS) is 13.6. The van der Waals surface area contributed by atoms with Crippen molar-refractivity contribution in [1.29, 1.82) is 0 Å². The molecule has 4 nitrogen and oxygen atoms in total. The van der Waals surface area contributed by atoms with Gasteiger partial charge in [-0.05, 0) is 0 Å². The maximum atomic E-state index is 9.75. The predicted octanol–water partition coefficient (Wildman–Crippen LogP) is 2.23. The van der Waals surface area contributed by atoms with E-state index in [0.717, 1.165) is 18.1 Å². The van der Waals surface area contributed by atoms with Gasteiger partial charge < -0.3 is 0 Å². The molecule has 2 N–H and O–H groups in total. The molecule has 15 heavy (non-hydrogen) atoms. The Kier molecular flexibility index (Phi) is 6.83. The van der Waals surface area contributed by atoms with Crippen molar-refractivity contribution in [3.63, 3.8) is 0 Å². The molecule has 0 saturated carbocycles. The van der Waals surface area contributed by atoms with E-state index in [1.165, 1.54) is 0 Å². The Labute approximate surface area is 99.0 Å². The first-order valence-corrected chi connectivity index (χ1v) is 10.8. The summed E-state index contributed by atoms with van der Waals surface area (Å²) >= 11 is -4.42. The molecule has 0 rings (SSSR count). The molecule has 0 amide bonds. The Balaban J connectivity index is 4.51. The van der Waals surface area contributed by atoms with Crippen LogP contribution < -0.4 is 0 Å². The minimum absolute atomic E-state index is 0.197. The van der Waals surface area contributed by atoms with Crippen molar-refractivity contribution < 1.29 is 31.8 Å². The van der Waals surface area contributed by atoms with Crippen LogP contribution in [0.1, 0.15) is 34.6 Å². The van der Waals surface area contributed by atoms with Crippen molar-refractivity contribution in [2.75, 3.05) is 0 Å². The van der Waals surface area contributed by atoms with E-state index in [4.69, 9.17) is 6.33 Å². The Bertz CT molecular complexity index is 175. The molecule has 0 aliphatic carbocycles. The van der Waals surface area contributed by atoms with E-state index in [9.17, 15) is 7.38 Å². The van der Waals surface area contributed by atoms with E-state index >= 15 is 0 Å². The van der Waals surface area contributed by atoms with Crippen LogP contribution in [0.3, 0.4) is 0 Å². The Morgan fingerprint density at radius 2 is 1.47 bits per heavy atom. The van der Waals surface area contributed by atoms with Gasteiger partial charge in [-0.25, -0.2) is 0 Å². The Morgan fingerprint density at radius 1 is 1.07 bits per heavy atom. The zero-order valence-electron chi connectivity index (χ0n) is 10.4. The molecule has 6 heteroatoms. The summed E-state index contributed by atoms with van der Waals surface area (Å²) in [6.45, 7) is 9.71. The number of rotatable bonds is 7. The molecule has 0 aliphatic rings. The molecular formula is C9H24O4SiTi. The van der Waals surface area contributed by atoms with Crippen LogP contribution in [0.25, 0.3) is 0 Å². The molecule has 0 bridgehead atoms. The second-order valence-electron chi connectivity index (χ2n) is 4.06. The summed E-state index contributed by atoms with van der Waals surface area (Å²) in [7, 11) is -1.96. The number of hydrogen-bond donors (Lipinski definition) is 2. The molecule has 0 spiro atoms. The molecule has 0 aromatic heterocycles. The molecule has 0 fully saturated rings. The van der Waals surface area contributed by atoms with Crippen molar-refractivity contribution in [2.45, 2.75) is 58.9 Å². The first-order chi connectivity index (χ1) is 6.81. The number of hydrogen-bond acceptors (Lipinski definition) is 4. The van der Waals surface area contributed by atoms with Gasteiger partial charge in [0.2, 0.25) is 0 Å². The summed E-state index contributed by atoms with van der Waals surface area (Å²) in [4.78, 5) is 0. The second-order valence-corrected chi connectivity index (χ2v) is 11.8. The standard InChI is InChI=1S/C6H15OSi.C3H7O.2H2O.Ti/c1-4-8(7,5-2)6-3;1-3(2)4;;;/h4-6H2,1-3H3;3H,1-2H3;2*1H2;/q2*-1;;;+4/p-2. The SMILES string of the molecule is CC[Si](CC)(CC)[O][Ti]([OH])([OH])[O]C(C)C. The van der Waals surface area contributed by atoms with Gasteiger partial charge in [0.05, 0.1) is 0 Å². The molecule has 92 valence electrons. The summed E-state index contributed by atoms with van der Waals surface area (Å²) in [6, 6.07) is 2.70. The fraction of sp³-hybridized carbons (Fsp3) is 1.00. The zero-order chi connectivity index (χ0) is 12.1. The Morgan fingerprint density at radius 3 is 1.73 bits per heavy atom. The molecule has 0 atom stereocenters. The molecular weight excluding hydrogens is 248 g/mol. The van der Waals surface area contributed by atoms with Gasteiger partial charge in [0.15, 0.2) is 0 Å². The van der Waals surface area contributed by atoms with Crippen LogP contribution in [-0.2, 0) is 24.5 Å². The van der Waals surface area contributed by atoms with E-state index in [2.05, 4.69) is 0 Å². The third kappa shape index (κ3) is 5.58. The molecule has 0 radical (unpaired) electrons. The third-order valence-electron chi connectivity index (χ3n) is 2.67. The van der Waals surface area contributed by atoms with E-state index in [-0.39, 0.29) is 6.10 Å². The Hall–Kier alpha value is 0.771. The average molecular weight is 272 g/mol. The van der Waals surface area contributed by atoms with Crippen molar-refractivity contribution >= 4 is 8.32 Å². The fourth-order valence-electron chi connectivity index (χ4n) is 1.58. The summed E-state index contributed by atoms with van der Waals surface area (Å²) in [6.07, 6.45) is -0.197. The summed E-state index contributed by atoms with van der Waals surface area (Å²) in [5.41, 5.74) is 0. The monoisotopic (exact) mass is 272 g/mol. The van der Waals surface area contributed by atoms with Crippen LogP contribution in [0.5, 0.6) is 0 Å². The van der Waals surface area contributed by atoms with Crippen LogP contribution in [0, 0.1) is 0 Å². The fourth-order valence-corrected chi connectivity index (χ4v) is 9.98. The maximum absolute atomic E-state index is 9.75. The van der Waals surface area contributed by atoms with Crippen molar-refractivity contribution in [3.05, 3.63) is 0 Å². The van der Waals surface area contributed by atoms with Gasteiger partial charge in [-0.1, -0.05) is 0 Å². The van der Waals surface area contributed by atoms with Crippen LogP contribution >= 0.6 is 0 Å². The van der Waals surface area contributed by atoms with E-state index in [1.54, 1.807) is 13.8 Å². The summed E-state index contributed by atoms with van der Waals surface area (Å²) in [5.74, 6) is 0. The van der Waals surface area contributed by atoms with Crippen LogP contribution in [-0.4, -0.2) is 21.8 Å². The first kappa shape index (κ1) is 15.8. The molecule has 0 aromatic rings. The average Bonchev–Trinajstić information content (AvgIpc) is 2.12. The topological polar surface area (TPSA) is 58.9 Å². The van der Waals surface area contributed by atoms with Crippen molar-refractivity contribution in [2.24, 2.45) is 0 Å². The van der Waals surface area contributed by atoms with Crippen molar-refractivity contribution in [1.82, 2.24) is 0 Å². The molecule has 0 saturated heterocycles. The molecule has 0 aromatic carbocycles. The van der Waals surface area contributed by atoms with Gasteiger partial charge in [-0.3, -0.25) is 0 Å². The van der Waals surface area contributed by atoms with Gasteiger partial charge >= 0.3 is 99.0 Å². The van der Waals surface area contributed by atoms with E-state index in [0.29, 0.717) is 0 Å². The zero-order valence-corrected chi connectivity index (χ0v) is 13.0. The first-order valence-electron chi connectivity index (χ1n) is 5.63. The second kappa shape index (κ2) is 6.49. The quantitative estimate of drug-likeness (QED) is 0.698. The third-order valence-corrected chi connectivity index (χ3v) is 11.7.